The van der Waals surface area contributed by atoms with E-state index in [1.807, 2.05) is 19.9 Å². The van der Waals surface area contributed by atoms with E-state index in [1.165, 1.54) is 24.3 Å². The zero-order chi connectivity index (χ0) is 17.0. The third-order valence-electron chi connectivity index (χ3n) is 3.40. The molecule has 0 radical (unpaired) electrons. The van der Waals surface area contributed by atoms with Crippen LogP contribution < -0.4 is 10.6 Å². The first-order valence-electron chi connectivity index (χ1n) is 6.81. The van der Waals surface area contributed by atoms with Crippen LogP contribution in [0, 0.1) is 24.0 Å². The van der Waals surface area contributed by atoms with E-state index in [0.29, 0.717) is 11.4 Å². The van der Waals surface area contributed by atoms with Crippen LogP contribution in [-0.2, 0) is 9.59 Å². The number of non-ortho nitro benzene ring substituents is 1. The minimum atomic E-state index is -0.847. The third-order valence-corrected chi connectivity index (χ3v) is 3.40. The van der Waals surface area contributed by atoms with Gasteiger partial charge in [-0.1, -0.05) is 12.1 Å². The number of nitrogens with zero attached hydrogens (tertiary/aromatic N) is 1. The van der Waals surface area contributed by atoms with Crippen molar-refractivity contribution in [3.63, 3.8) is 0 Å². The van der Waals surface area contributed by atoms with Gasteiger partial charge in [0.15, 0.2) is 0 Å². The van der Waals surface area contributed by atoms with E-state index >= 15 is 0 Å². The Balaban J connectivity index is 2.04. The van der Waals surface area contributed by atoms with Gasteiger partial charge in [0.1, 0.15) is 0 Å². The fourth-order valence-electron chi connectivity index (χ4n) is 1.92. The van der Waals surface area contributed by atoms with Crippen molar-refractivity contribution in [2.24, 2.45) is 0 Å². The molecule has 2 rings (SSSR count). The van der Waals surface area contributed by atoms with E-state index in [2.05, 4.69) is 10.6 Å². The molecule has 2 amide bonds. The number of hydrogen-bond acceptors (Lipinski definition) is 4. The van der Waals surface area contributed by atoms with E-state index in [4.69, 9.17) is 0 Å². The number of aryl methyl sites for hydroxylation is 1. The Bertz CT molecular complexity index is 769. The quantitative estimate of drug-likeness (QED) is 0.517. The van der Waals surface area contributed by atoms with E-state index in [1.54, 1.807) is 12.1 Å². The van der Waals surface area contributed by atoms with E-state index in [9.17, 15) is 19.7 Å². The number of nitro benzene ring substituents is 1. The minimum absolute atomic E-state index is 0.0946. The van der Waals surface area contributed by atoms with Gasteiger partial charge in [0.05, 0.1) is 4.92 Å². The van der Waals surface area contributed by atoms with Crippen LogP contribution in [0.2, 0.25) is 0 Å². The van der Waals surface area contributed by atoms with Crippen LogP contribution in [0.15, 0.2) is 42.5 Å². The Labute approximate surface area is 132 Å². The molecule has 0 aliphatic carbocycles. The van der Waals surface area contributed by atoms with Gasteiger partial charge in [-0.05, 0) is 43.2 Å². The number of carbonyl (C=O) groups is 2. The van der Waals surface area contributed by atoms with E-state index < -0.39 is 16.7 Å². The first-order valence-corrected chi connectivity index (χ1v) is 6.81. The maximum atomic E-state index is 11.9. The maximum Gasteiger partial charge on any atom is 0.314 e. The lowest BCUT2D eigenvalue weighted by Gasteiger charge is -2.10. The summed E-state index contributed by atoms with van der Waals surface area (Å²) in [6, 6.07) is 10.6. The number of anilines is 2. The lowest BCUT2D eigenvalue weighted by Crippen LogP contribution is -2.29. The summed E-state index contributed by atoms with van der Waals surface area (Å²) in [6.07, 6.45) is 0. The fraction of sp³-hybridized carbons (Fsp3) is 0.125. The molecule has 2 N–H and O–H groups in total. The predicted molar refractivity (Wildman–Crippen MR) is 86.3 cm³/mol. The number of rotatable bonds is 3. The van der Waals surface area contributed by atoms with Crippen LogP contribution in [0.1, 0.15) is 11.1 Å². The van der Waals surface area contributed by atoms with E-state index in [0.717, 1.165) is 11.1 Å². The van der Waals surface area contributed by atoms with Crippen LogP contribution in [0.25, 0.3) is 0 Å². The average molecular weight is 313 g/mol. The Hall–Kier alpha value is -3.22. The molecular weight excluding hydrogens is 298 g/mol. The van der Waals surface area contributed by atoms with Gasteiger partial charge >= 0.3 is 11.8 Å². The molecule has 0 aliphatic rings. The van der Waals surface area contributed by atoms with Crippen molar-refractivity contribution in [3.05, 3.63) is 63.7 Å². The molecule has 0 fully saturated rings. The van der Waals surface area contributed by atoms with E-state index in [-0.39, 0.29) is 5.69 Å². The molecule has 0 saturated carbocycles. The van der Waals surface area contributed by atoms with Crippen LogP contribution in [-0.4, -0.2) is 16.7 Å². The number of nitrogens with one attached hydrogen (secondary N) is 2. The molecule has 0 aromatic heterocycles. The number of benzene rings is 2. The standard InChI is InChI=1S/C16H15N3O4/c1-10-4-3-5-14(11(10)2)18-16(21)15(20)17-12-6-8-13(9-7-12)19(22)23/h3-9H,1-2H3,(H,17,20)(H,18,21). The van der Waals surface area contributed by atoms with Crippen LogP contribution in [0.4, 0.5) is 17.1 Å². The summed E-state index contributed by atoms with van der Waals surface area (Å²) in [5, 5.41) is 15.5. The lowest BCUT2D eigenvalue weighted by molar-refractivity contribution is -0.384. The van der Waals surface area contributed by atoms with Gasteiger partial charge < -0.3 is 10.6 Å². The summed E-state index contributed by atoms with van der Waals surface area (Å²) in [5.41, 5.74) is 2.65. The third kappa shape index (κ3) is 3.91. The highest BCUT2D eigenvalue weighted by Crippen LogP contribution is 2.18. The topological polar surface area (TPSA) is 101 Å². The van der Waals surface area contributed by atoms with Gasteiger partial charge in [0, 0.05) is 23.5 Å². The highest BCUT2D eigenvalue weighted by Gasteiger charge is 2.15. The Morgan fingerprint density at radius 3 is 2.17 bits per heavy atom. The monoisotopic (exact) mass is 313 g/mol. The normalized spacial score (nSPS) is 10.0. The molecule has 0 spiro atoms. The summed E-state index contributed by atoms with van der Waals surface area (Å²) >= 11 is 0. The summed E-state index contributed by atoms with van der Waals surface area (Å²) in [7, 11) is 0. The first kappa shape index (κ1) is 16.2. The summed E-state index contributed by atoms with van der Waals surface area (Å²) in [6.45, 7) is 3.75. The van der Waals surface area contributed by atoms with Crippen molar-refractivity contribution in [1.29, 1.82) is 0 Å². The minimum Gasteiger partial charge on any atom is -0.318 e. The van der Waals surface area contributed by atoms with Crippen molar-refractivity contribution < 1.29 is 14.5 Å². The molecule has 0 aliphatic heterocycles. The maximum absolute atomic E-state index is 11.9. The van der Waals surface area contributed by atoms with Gasteiger partial charge in [0.25, 0.3) is 5.69 Å². The summed E-state index contributed by atoms with van der Waals surface area (Å²) in [4.78, 5) is 33.8. The molecule has 7 nitrogen and oxygen atoms in total. The Morgan fingerprint density at radius 1 is 0.957 bits per heavy atom. The second kappa shape index (κ2) is 6.69. The number of carbonyl (C=O) groups excluding carboxylic acids is 2. The van der Waals surface area contributed by atoms with Crippen LogP contribution in [0.5, 0.6) is 0 Å². The van der Waals surface area contributed by atoms with Crippen molar-refractivity contribution >= 4 is 28.9 Å². The second-order valence-electron chi connectivity index (χ2n) is 4.96. The van der Waals surface area contributed by atoms with Crippen molar-refractivity contribution in [3.8, 4) is 0 Å². The SMILES string of the molecule is Cc1cccc(NC(=O)C(=O)Nc2ccc([N+](=O)[O-])cc2)c1C. The summed E-state index contributed by atoms with van der Waals surface area (Å²) < 4.78 is 0. The molecular formula is C16H15N3O4. The van der Waals surface area contributed by atoms with Gasteiger partial charge in [-0.25, -0.2) is 0 Å². The molecule has 0 heterocycles. The zero-order valence-corrected chi connectivity index (χ0v) is 12.6. The number of nitro groups is 1. The van der Waals surface area contributed by atoms with Gasteiger partial charge in [-0.15, -0.1) is 0 Å². The second-order valence-corrected chi connectivity index (χ2v) is 4.96. The van der Waals surface area contributed by atoms with Crippen LogP contribution in [0.3, 0.4) is 0 Å². The predicted octanol–water partition coefficient (Wildman–Crippen LogP) is 2.79. The van der Waals surface area contributed by atoms with Gasteiger partial charge in [0.2, 0.25) is 0 Å². The number of hydrogen-bond donors (Lipinski definition) is 2. The molecule has 7 heteroatoms. The molecule has 2 aromatic rings. The van der Waals surface area contributed by atoms with Crippen LogP contribution >= 0.6 is 0 Å². The number of amides is 2. The highest BCUT2D eigenvalue weighted by molar-refractivity contribution is 6.43. The molecule has 23 heavy (non-hydrogen) atoms. The highest BCUT2D eigenvalue weighted by atomic mass is 16.6. The summed E-state index contributed by atoms with van der Waals surface area (Å²) in [5.74, 6) is -1.66. The molecule has 118 valence electrons. The zero-order valence-electron chi connectivity index (χ0n) is 12.6. The fourth-order valence-corrected chi connectivity index (χ4v) is 1.92. The average Bonchev–Trinajstić information content (AvgIpc) is 2.52. The Kier molecular flexibility index (Phi) is 4.70. The van der Waals surface area contributed by atoms with Gasteiger partial charge in [-0.2, -0.15) is 0 Å². The molecule has 0 unspecified atom stereocenters. The first-order chi connectivity index (χ1) is 10.9. The molecule has 0 atom stereocenters. The largest absolute Gasteiger partial charge is 0.318 e. The lowest BCUT2D eigenvalue weighted by atomic mass is 10.1. The van der Waals surface area contributed by atoms with Gasteiger partial charge in [-0.3, -0.25) is 19.7 Å². The van der Waals surface area contributed by atoms with Crippen molar-refractivity contribution in [2.45, 2.75) is 13.8 Å². The molecule has 0 bridgehead atoms. The van der Waals surface area contributed by atoms with Crippen molar-refractivity contribution in [1.82, 2.24) is 0 Å². The molecule has 0 saturated heterocycles. The smallest absolute Gasteiger partial charge is 0.314 e. The Morgan fingerprint density at radius 2 is 1.57 bits per heavy atom. The van der Waals surface area contributed by atoms with Crippen molar-refractivity contribution in [2.75, 3.05) is 10.6 Å². The molecule has 2 aromatic carbocycles.